The predicted molar refractivity (Wildman–Crippen MR) is 55.2 cm³/mol. The molecular weight excluding hydrogens is 257 g/mol. The summed E-state index contributed by atoms with van der Waals surface area (Å²) in [6.45, 7) is 5.18. The summed E-state index contributed by atoms with van der Waals surface area (Å²) in [5, 5.41) is 0. The van der Waals surface area contributed by atoms with Gasteiger partial charge in [-0.05, 0) is 13.3 Å². The number of hydrogen-bond acceptors (Lipinski definition) is 1. The van der Waals surface area contributed by atoms with Crippen LogP contribution < -0.4 is 5.73 Å². The van der Waals surface area contributed by atoms with Crippen LogP contribution in [0.25, 0.3) is 0 Å². The van der Waals surface area contributed by atoms with Crippen LogP contribution in [-0.4, -0.2) is 27.0 Å². The van der Waals surface area contributed by atoms with Gasteiger partial charge in [0.15, 0.2) is 0 Å². The molecule has 0 fully saturated rings. The van der Waals surface area contributed by atoms with Crippen LogP contribution in [0, 0.1) is 0 Å². The first-order chi connectivity index (χ1) is 5.59. The van der Waals surface area contributed by atoms with Crippen LogP contribution in [0.3, 0.4) is 0 Å². The molecule has 0 unspecified atom stereocenters. The number of nitrogens with two attached hydrogens (primary N) is 1. The molecule has 0 atom stereocenters. The summed E-state index contributed by atoms with van der Waals surface area (Å²) in [7, 11) is 0. The first-order valence-corrected chi connectivity index (χ1v) is 9.46. The Bertz CT molecular complexity index is 164. The Morgan fingerprint density at radius 2 is 2.00 bits per heavy atom. The number of carbonyl (C=O) groups is 1. The first-order valence-electron chi connectivity index (χ1n) is 3.76. The predicted octanol–water partition coefficient (Wildman–Crippen LogP) is 1.78. The molecule has 0 aromatic heterocycles. The Hall–Kier alpha value is -0.251. The number of amides is 1. The molecule has 0 heterocycles. The molecule has 0 aliphatic rings. The normalized spacial score (nSPS) is 9.75. The van der Waals surface area contributed by atoms with Gasteiger partial charge in [-0.25, -0.2) is 0 Å². The SMILES string of the molecule is C=CCC=C(C)C(N)=O.[CH3][Sn][CH3]. The zero-order valence-corrected chi connectivity index (χ0v) is 10.9. The molecule has 0 rings (SSSR count). The summed E-state index contributed by atoms with van der Waals surface area (Å²) < 4.78 is 0. The molecule has 1 amide bonds. The Labute approximate surface area is 85.1 Å². The van der Waals surface area contributed by atoms with Gasteiger partial charge in [0.05, 0.1) is 0 Å². The molecule has 0 aliphatic carbocycles. The molecule has 0 aromatic carbocycles. The van der Waals surface area contributed by atoms with Crippen molar-refractivity contribution in [1.82, 2.24) is 0 Å². The van der Waals surface area contributed by atoms with Crippen molar-refractivity contribution < 1.29 is 4.79 Å². The van der Waals surface area contributed by atoms with Gasteiger partial charge < -0.3 is 5.73 Å². The fourth-order valence-electron chi connectivity index (χ4n) is 0.361. The summed E-state index contributed by atoms with van der Waals surface area (Å²) >= 11 is 0.230. The monoisotopic (exact) mass is 275 g/mol. The molecule has 0 aromatic rings. The average Bonchev–Trinajstić information content (AvgIpc) is 2.01. The third-order valence-corrected chi connectivity index (χ3v) is 0.979. The van der Waals surface area contributed by atoms with Crippen molar-refractivity contribution in [2.24, 2.45) is 5.73 Å². The van der Waals surface area contributed by atoms with Crippen molar-refractivity contribution in [2.75, 3.05) is 0 Å². The molecule has 12 heavy (non-hydrogen) atoms. The average molecular weight is 274 g/mol. The molecule has 0 saturated heterocycles. The van der Waals surface area contributed by atoms with Crippen LogP contribution in [0.15, 0.2) is 24.3 Å². The topological polar surface area (TPSA) is 43.1 Å². The van der Waals surface area contributed by atoms with Gasteiger partial charge in [0.25, 0.3) is 0 Å². The van der Waals surface area contributed by atoms with Crippen molar-refractivity contribution >= 4 is 27.0 Å². The summed E-state index contributed by atoms with van der Waals surface area (Å²) in [6, 6.07) is 0. The molecule has 68 valence electrons. The van der Waals surface area contributed by atoms with Crippen molar-refractivity contribution in [3.05, 3.63) is 24.3 Å². The van der Waals surface area contributed by atoms with E-state index in [9.17, 15) is 4.79 Å². The standard InChI is InChI=1S/C7H11NO.2CH3.Sn/c1-3-4-5-6(2)7(8)9;;;/h3,5H,1,4H2,2H3,(H2,8,9);2*1H3;. The van der Waals surface area contributed by atoms with Crippen molar-refractivity contribution in [1.29, 1.82) is 0 Å². The second-order valence-corrected chi connectivity index (χ2v) is 5.13. The molecule has 3 heteroatoms. The number of carbonyl (C=O) groups excluding carboxylic acids is 1. The molecule has 0 aliphatic heterocycles. The second kappa shape index (κ2) is 10.7. The van der Waals surface area contributed by atoms with Crippen LogP contribution in [0.2, 0.25) is 9.88 Å². The summed E-state index contributed by atoms with van der Waals surface area (Å²) in [5.41, 5.74) is 5.53. The Balaban J connectivity index is 0. The third kappa shape index (κ3) is 12.4. The molecule has 2 N–H and O–H groups in total. The van der Waals surface area contributed by atoms with Crippen LogP contribution in [0.1, 0.15) is 13.3 Å². The van der Waals surface area contributed by atoms with Crippen molar-refractivity contribution in [3.8, 4) is 0 Å². The van der Waals surface area contributed by atoms with Gasteiger partial charge in [-0.15, -0.1) is 6.58 Å². The molecule has 0 saturated carbocycles. The van der Waals surface area contributed by atoms with Crippen LogP contribution in [0.5, 0.6) is 0 Å². The molecule has 0 bridgehead atoms. The maximum atomic E-state index is 10.3. The fourth-order valence-corrected chi connectivity index (χ4v) is 0.361. The van der Waals surface area contributed by atoms with E-state index in [0.29, 0.717) is 12.0 Å². The van der Waals surface area contributed by atoms with Gasteiger partial charge in [-0.1, -0.05) is 12.2 Å². The Morgan fingerprint density at radius 3 is 2.25 bits per heavy atom. The summed E-state index contributed by atoms with van der Waals surface area (Å²) in [5.74, 6) is -0.364. The van der Waals surface area contributed by atoms with E-state index in [1.165, 1.54) is 0 Å². The quantitative estimate of drug-likeness (QED) is 0.476. The van der Waals surface area contributed by atoms with E-state index in [2.05, 4.69) is 16.5 Å². The number of primary amides is 1. The first kappa shape index (κ1) is 14.3. The van der Waals surface area contributed by atoms with Crippen molar-refractivity contribution in [3.63, 3.8) is 0 Å². The van der Waals surface area contributed by atoms with Gasteiger partial charge >= 0.3 is 31.0 Å². The van der Waals surface area contributed by atoms with E-state index >= 15 is 0 Å². The van der Waals surface area contributed by atoms with E-state index in [0.717, 1.165) is 0 Å². The van der Waals surface area contributed by atoms with Crippen LogP contribution >= 0.6 is 0 Å². The van der Waals surface area contributed by atoms with E-state index < -0.39 is 0 Å². The maximum absolute atomic E-state index is 10.3. The summed E-state index contributed by atoms with van der Waals surface area (Å²) in [6.07, 6.45) is 4.16. The van der Waals surface area contributed by atoms with Gasteiger partial charge in [0.1, 0.15) is 0 Å². The van der Waals surface area contributed by atoms with Crippen LogP contribution in [0.4, 0.5) is 0 Å². The zero-order chi connectivity index (χ0) is 9.98. The van der Waals surface area contributed by atoms with Crippen molar-refractivity contribution in [2.45, 2.75) is 23.2 Å². The fraction of sp³-hybridized carbons (Fsp3) is 0.444. The van der Waals surface area contributed by atoms with Gasteiger partial charge in [0, 0.05) is 5.57 Å². The number of rotatable bonds is 3. The van der Waals surface area contributed by atoms with E-state index in [-0.39, 0.29) is 27.0 Å². The van der Waals surface area contributed by atoms with E-state index in [1.807, 2.05) is 0 Å². The molecule has 0 spiro atoms. The summed E-state index contributed by atoms with van der Waals surface area (Å²) in [4.78, 5) is 14.9. The third-order valence-electron chi connectivity index (χ3n) is 0.979. The van der Waals surface area contributed by atoms with Crippen LogP contribution in [-0.2, 0) is 4.79 Å². The number of hydrogen-bond donors (Lipinski definition) is 1. The van der Waals surface area contributed by atoms with Gasteiger partial charge in [-0.3, -0.25) is 4.79 Å². The zero-order valence-electron chi connectivity index (χ0n) is 8.05. The van der Waals surface area contributed by atoms with Gasteiger partial charge in [-0.2, -0.15) is 0 Å². The van der Waals surface area contributed by atoms with E-state index in [4.69, 9.17) is 5.73 Å². The number of allylic oxidation sites excluding steroid dienone is 2. The molecular formula is C9H17NOSn. The second-order valence-electron chi connectivity index (χ2n) is 2.28. The van der Waals surface area contributed by atoms with E-state index in [1.54, 1.807) is 19.1 Å². The molecule has 2 radical (unpaired) electrons. The molecule has 2 nitrogen and oxygen atoms in total. The van der Waals surface area contributed by atoms with Gasteiger partial charge in [0.2, 0.25) is 5.91 Å². The Morgan fingerprint density at radius 1 is 1.58 bits per heavy atom. The Kier molecular flexibility index (Phi) is 12.8. The minimum absolute atomic E-state index is 0.230. The minimum atomic E-state index is -0.364.